The summed E-state index contributed by atoms with van der Waals surface area (Å²) in [5, 5.41) is 9.69. The molecule has 132 valence electrons. The smallest absolute Gasteiger partial charge is 0.319 e. The van der Waals surface area contributed by atoms with Gasteiger partial charge in [-0.05, 0) is 31.6 Å². The van der Waals surface area contributed by atoms with Crippen molar-refractivity contribution in [3.8, 4) is 0 Å². The predicted octanol–water partition coefficient (Wildman–Crippen LogP) is 3.13. The van der Waals surface area contributed by atoms with E-state index in [9.17, 15) is 4.79 Å². The molecule has 2 amide bonds. The van der Waals surface area contributed by atoms with Gasteiger partial charge in [-0.2, -0.15) is 4.98 Å². The number of carbonyl (C=O) groups is 1. The van der Waals surface area contributed by atoms with Crippen molar-refractivity contribution in [1.82, 2.24) is 25.4 Å². The highest BCUT2D eigenvalue weighted by atomic mass is 16.5. The van der Waals surface area contributed by atoms with Gasteiger partial charge in [-0.3, -0.25) is 0 Å². The molecule has 0 radical (unpaired) electrons. The Morgan fingerprint density at radius 3 is 2.36 bits per heavy atom. The van der Waals surface area contributed by atoms with Gasteiger partial charge in [-0.1, -0.05) is 19.0 Å². The number of nitrogens with one attached hydrogen (secondary N) is 2. The number of carbonyl (C=O) groups excluding carboxylic acids is 1. The molecule has 0 bridgehead atoms. The highest BCUT2D eigenvalue weighted by molar-refractivity contribution is 5.89. The molecule has 2 aliphatic carbocycles. The molecule has 0 unspecified atom stereocenters. The SMILES string of the molecule is CC(C)[C@@H](NC(=O)Nc1cnc(C2CC2)nc1)c1nc(C2CC2)no1. The Balaban J connectivity index is 1.39. The highest BCUT2D eigenvalue weighted by Gasteiger charge is 2.31. The summed E-state index contributed by atoms with van der Waals surface area (Å²) >= 11 is 0. The lowest BCUT2D eigenvalue weighted by Crippen LogP contribution is -2.35. The van der Waals surface area contributed by atoms with Gasteiger partial charge in [0.05, 0.1) is 18.1 Å². The van der Waals surface area contributed by atoms with Crippen LogP contribution in [0.15, 0.2) is 16.9 Å². The zero-order valence-electron chi connectivity index (χ0n) is 14.4. The van der Waals surface area contributed by atoms with Crippen LogP contribution in [-0.2, 0) is 0 Å². The van der Waals surface area contributed by atoms with Gasteiger partial charge < -0.3 is 15.2 Å². The minimum absolute atomic E-state index is 0.117. The molecule has 2 saturated carbocycles. The third kappa shape index (κ3) is 3.78. The first-order valence-electron chi connectivity index (χ1n) is 8.83. The fraction of sp³-hybridized carbons (Fsp3) is 0.588. The first kappa shape index (κ1) is 16.0. The van der Waals surface area contributed by atoms with Crippen LogP contribution < -0.4 is 10.6 Å². The molecule has 2 fully saturated rings. The summed E-state index contributed by atoms with van der Waals surface area (Å²) in [6.45, 7) is 4.00. The fourth-order valence-corrected chi connectivity index (χ4v) is 2.66. The summed E-state index contributed by atoms with van der Waals surface area (Å²) in [6.07, 6.45) is 7.80. The molecule has 0 spiro atoms. The van der Waals surface area contributed by atoms with E-state index in [1.807, 2.05) is 13.8 Å². The van der Waals surface area contributed by atoms with Crippen LogP contribution >= 0.6 is 0 Å². The average molecular weight is 342 g/mol. The average Bonchev–Trinajstić information content (AvgIpc) is 3.52. The van der Waals surface area contributed by atoms with Crippen LogP contribution in [0.4, 0.5) is 10.5 Å². The molecule has 2 aromatic rings. The Hall–Kier alpha value is -2.51. The van der Waals surface area contributed by atoms with Crippen LogP contribution in [0.5, 0.6) is 0 Å². The van der Waals surface area contributed by atoms with Crippen molar-refractivity contribution in [2.75, 3.05) is 5.32 Å². The number of anilines is 1. The van der Waals surface area contributed by atoms with Gasteiger partial charge in [0.1, 0.15) is 11.9 Å². The normalized spacial score (nSPS) is 18.2. The van der Waals surface area contributed by atoms with Crippen LogP contribution in [0.2, 0.25) is 0 Å². The van der Waals surface area contributed by atoms with E-state index >= 15 is 0 Å². The quantitative estimate of drug-likeness (QED) is 0.835. The lowest BCUT2D eigenvalue weighted by Gasteiger charge is -2.18. The van der Waals surface area contributed by atoms with Gasteiger partial charge in [0.15, 0.2) is 5.82 Å². The van der Waals surface area contributed by atoms with E-state index in [4.69, 9.17) is 4.52 Å². The minimum atomic E-state index is -0.341. The van der Waals surface area contributed by atoms with Crippen LogP contribution in [0.1, 0.15) is 74.9 Å². The second-order valence-corrected chi connectivity index (χ2v) is 7.19. The summed E-state index contributed by atoms with van der Waals surface area (Å²) in [7, 11) is 0. The molecule has 2 aliphatic rings. The molecule has 2 N–H and O–H groups in total. The molecule has 0 saturated heterocycles. The van der Waals surface area contributed by atoms with E-state index in [0.717, 1.165) is 37.3 Å². The Morgan fingerprint density at radius 1 is 1.12 bits per heavy atom. The van der Waals surface area contributed by atoms with Crippen molar-refractivity contribution in [1.29, 1.82) is 0 Å². The van der Waals surface area contributed by atoms with Crippen molar-refractivity contribution < 1.29 is 9.32 Å². The van der Waals surface area contributed by atoms with E-state index in [0.29, 0.717) is 23.4 Å². The predicted molar refractivity (Wildman–Crippen MR) is 90.0 cm³/mol. The summed E-state index contributed by atoms with van der Waals surface area (Å²) in [6, 6.07) is -0.681. The lowest BCUT2D eigenvalue weighted by atomic mass is 10.0. The van der Waals surface area contributed by atoms with Gasteiger partial charge >= 0.3 is 6.03 Å². The number of hydrogen-bond donors (Lipinski definition) is 2. The molecule has 2 heterocycles. The Morgan fingerprint density at radius 2 is 1.76 bits per heavy atom. The van der Waals surface area contributed by atoms with Crippen molar-refractivity contribution in [2.24, 2.45) is 5.92 Å². The van der Waals surface area contributed by atoms with Crippen molar-refractivity contribution >= 4 is 11.7 Å². The van der Waals surface area contributed by atoms with Crippen molar-refractivity contribution in [3.05, 3.63) is 29.9 Å². The molecular formula is C17H22N6O2. The Bertz CT molecular complexity index is 749. The molecule has 2 aromatic heterocycles. The number of urea groups is 1. The van der Waals surface area contributed by atoms with E-state index in [1.54, 1.807) is 12.4 Å². The van der Waals surface area contributed by atoms with Crippen molar-refractivity contribution in [3.63, 3.8) is 0 Å². The van der Waals surface area contributed by atoms with Crippen LogP contribution in [0, 0.1) is 5.92 Å². The molecular weight excluding hydrogens is 320 g/mol. The minimum Gasteiger partial charge on any atom is -0.337 e. The molecule has 25 heavy (non-hydrogen) atoms. The molecule has 0 aliphatic heterocycles. The first-order valence-corrected chi connectivity index (χ1v) is 8.83. The third-order valence-corrected chi connectivity index (χ3v) is 4.49. The second kappa shape index (κ2) is 6.42. The maximum absolute atomic E-state index is 12.3. The number of amides is 2. The molecule has 4 rings (SSSR count). The third-order valence-electron chi connectivity index (χ3n) is 4.49. The monoisotopic (exact) mass is 342 g/mol. The van der Waals surface area contributed by atoms with Gasteiger partial charge in [-0.15, -0.1) is 0 Å². The van der Waals surface area contributed by atoms with Crippen LogP contribution in [-0.4, -0.2) is 26.1 Å². The second-order valence-electron chi connectivity index (χ2n) is 7.19. The Labute approximate surface area is 145 Å². The van der Waals surface area contributed by atoms with Crippen molar-refractivity contribution in [2.45, 2.75) is 57.4 Å². The zero-order valence-corrected chi connectivity index (χ0v) is 14.4. The standard InChI is InChI=1S/C17H22N6O2/c1-9(2)13(16-22-15(23-25-16)11-5-6-11)21-17(24)20-12-7-18-14(19-8-12)10-3-4-10/h7-11,13H,3-6H2,1-2H3,(H2,20,21,24)/t13-/m1/s1. The molecule has 8 heteroatoms. The van der Waals surface area contributed by atoms with E-state index < -0.39 is 0 Å². The topological polar surface area (TPSA) is 106 Å². The summed E-state index contributed by atoms with van der Waals surface area (Å²) in [4.78, 5) is 25.4. The van der Waals surface area contributed by atoms with Crippen LogP contribution in [0.25, 0.3) is 0 Å². The summed E-state index contributed by atoms with van der Waals surface area (Å²) in [5.74, 6) is 3.07. The number of nitrogens with zero attached hydrogens (tertiary/aromatic N) is 4. The number of rotatable bonds is 6. The van der Waals surface area contributed by atoms with E-state index in [1.165, 1.54) is 0 Å². The zero-order chi connectivity index (χ0) is 17.4. The van der Waals surface area contributed by atoms with E-state index in [2.05, 4.69) is 30.7 Å². The van der Waals surface area contributed by atoms with Gasteiger partial charge in [-0.25, -0.2) is 14.8 Å². The molecule has 1 atom stereocenters. The number of hydrogen-bond acceptors (Lipinski definition) is 6. The summed E-state index contributed by atoms with van der Waals surface area (Å²) < 4.78 is 5.36. The highest BCUT2D eigenvalue weighted by Crippen LogP contribution is 2.39. The largest absolute Gasteiger partial charge is 0.337 e. The van der Waals surface area contributed by atoms with Gasteiger partial charge in [0, 0.05) is 11.8 Å². The first-order chi connectivity index (χ1) is 12.1. The fourth-order valence-electron chi connectivity index (χ4n) is 2.66. The number of aromatic nitrogens is 4. The lowest BCUT2D eigenvalue weighted by molar-refractivity contribution is 0.235. The summed E-state index contributed by atoms with van der Waals surface area (Å²) in [5.41, 5.74) is 0.564. The van der Waals surface area contributed by atoms with E-state index in [-0.39, 0.29) is 18.0 Å². The molecule has 8 nitrogen and oxygen atoms in total. The maximum atomic E-state index is 12.3. The van der Waals surface area contributed by atoms with Crippen LogP contribution in [0.3, 0.4) is 0 Å². The van der Waals surface area contributed by atoms with Gasteiger partial charge in [0.2, 0.25) is 5.89 Å². The Kier molecular flexibility index (Phi) is 4.10. The maximum Gasteiger partial charge on any atom is 0.319 e. The van der Waals surface area contributed by atoms with Gasteiger partial charge in [0.25, 0.3) is 0 Å². The molecule has 0 aromatic carbocycles.